The predicted molar refractivity (Wildman–Crippen MR) is 75.6 cm³/mol. The molecule has 88 valence electrons. The van der Waals surface area contributed by atoms with Gasteiger partial charge in [-0.05, 0) is 30.9 Å². The average Bonchev–Trinajstić information content (AvgIpc) is 2.81. The van der Waals surface area contributed by atoms with Gasteiger partial charge in [-0.3, -0.25) is 0 Å². The quantitative estimate of drug-likeness (QED) is 0.868. The number of hydrogen-bond acceptors (Lipinski definition) is 3. The third-order valence-corrected chi connectivity index (χ3v) is 5.45. The number of fused-ring (bicyclic) bond motifs is 1. The molecule has 0 amide bonds. The van der Waals surface area contributed by atoms with Crippen molar-refractivity contribution in [2.75, 3.05) is 5.73 Å². The molecular formula is C13H13BrN2S. The second kappa shape index (κ2) is 4.10. The highest BCUT2D eigenvalue weighted by Gasteiger charge is 2.29. The zero-order valence-corrected chi connectivity index (χ0v) is 11.9. The van der Waals surface area contributed by atoms with Gasteiger partial charge in [-0.15, -0.1) is 11.3 Å². The Kier molecular flexibility index (Phi) is 2.71. The van der Waals surface area contributed by atoms with Crippen molar-refractivity contribution in [2.24, 2.45) is 0 Å². The lowest BCUT2D eigenvalue weighted by molar-refractivity contribution is 0.786. The maximum Gasteiger partial charge on any atom is 0.180 e. The normalized spacial score (nSPS) is 18.4. The number of nitrogens with two attached hydrogens (primary N) is 1. The van der Waals surface area contributed by atoms with Gasteiger partial charge in [-0.1, -0.05) is 34.1 Å². The fourth-order valence-electron chi connectivity index (χ4n) is 2.48. The highest BCUT2D eigenvalue weighted by molar-refractivity contribution is 9.10. The standard InChI is InChI=1S/C13H13BrN2S/c1-7-3-2-4-8(11(7)14)9-5-6-10-12(9)17-13(15)16-10/h2-4,9H,5-6H2,1H3,(H2,15,16). The van der Waals surface area contributed by atoms with E-state index in [1.807, 2.05) is 0 Å². The molecule has 1 unspecified atom stereocenters. The fourth-order valence-corrected chi connectivity index (χ4v) is 4.06. The number of aryl methyl sites for hydroxylation is 2. The molecule has 2 nitrogen and oxygen atoms in total. The van der Waals surface area contributed by atoms with Crippen LogP contribution < -0.4 is 5.73 Å². The number of anilines is 1. The van der Waals surface area contributed by atoms with Crippen LogP contribution in [0.1, 0.15) is 34.0 Å². The van der Waals surface area contributed by atoms with Crippen LogP contribution in [0.25, 0.3) is 0 Å². The monoisotopic (exact) mass is 308 g/mol. The van der Waals surface area contributed by atoms with Crippen LogP contribution in [0.3, 0.4) is 0 Å². The summed E-state index contributed by atoms with van der Waals surface area (Å²) in [4.78, 5) is 5.76. The SMILES string of the molecule is Cc1cccc(C2CCc3nc(N)sc32)c1Br. The van der Waals surface area contributed by atoms with E-state index in [2.05, 4.69) is 46.0 Å². The molecule has 1 aromatic heterocycles. The summed E-state index contributed by atoms with van der Waals surface area (Å²) in [6, 6.07) is 6.45. The van der Waals surface area contributed by atoms with Crippen molar-refractivity contribution in [1.82, 2.24) is 4.98 Å². The van der Waals surface area contributed by atoms with E-state index in [9.17, 15) is 0 Å². The molecular weight excluding hydrogens is 296 g/mol. The van der Waals surface area contributed by atoms with Crippen LogP contribution >= 0.6 is 27.3 Å². The smallest absolute Gasteiger partial charge is 0.180 e. The van der Waals surface area contributed by atoms with Gasteiger partial charge in [-0.25, -0.2) is 4.98 Å². The Labute approximate surface area is 113 Å². The van der Waals surface area contributed by atoms with Crippen molar-refractivity contribution < 1.29 is 0 Å². The van der Waals surface area contributed by atoms with Crippen molar-refractivity contribution in [1.29, 1.82) is 0 Å². The Hall–Kier alpha value is -0.870. The van der Waals surface area contributed by atoms with Crippen LogP contribution in [0, 0.1) is 6.92 Å². The van der Waals surface area contributed by atoms with E-state index in [0.717, 1.165) is 12.8 Å². The van der Waals surface area contributed by atoms with Gasteiger partial charge < -0.3 is 5.73 Å². The number of aromatic nitrogens is 1. The average molecular weight is 309 g/mol. The minimum absolute atomic E-state index is 0.467. The Balaban J connectivity index is 2.09. The minimum atomic E-state index is 0.467. The third kappa shape index (κ3) is 1.79. The Morgan fingerprint density at radius 3 is 3.12 bits per heavy atom. The van der Waals surface area contributed by atoms with Crippen LogP contribution in [0.4, 0.5) is 5.13 Å². The van der Waals surface area contributed by atoms with Crippen molar-refractivity contribution in [3.63, 3.8) is 0 Å². The molecule has 0 radical (unpaired) electrons. The first-order valence-corrected chi connectivity index (χ1v) is 7.28. The molecule has 1 atom stereocenters. The summed E-state index contributed by atoms with van der Waals surface area (Å²) >= 11 is 5.34. The third-order valence-electron chi connectivity index (χ3n) is 3.33. The fraction of sp³-hybridized carbons (Fsp3) is 0.308. The van der Waals surface area contributed by atoms with Crippen LogP contribution in [-0.4, -0.2) is 4.98 Å². The molecule has 0 bridgehead atoms. The molecule has 1 aromatic carbocycles. The molecule has 0 saturated heterocycles. The molecule has 17 heavy (non-hydrogen) atoms. The van der Waals surface area contributed by atoms with Crippen LogP contribution in [0.5, 0.6) is 0 Å². The molecule has 2 aromatic rings. The predicted octanol–water partition coefficient (Wildman–Crippen LogP) is 3.87. The van der Waals surface area contributed by atoms with E-state index in [4.69, 9.17) is 5.73 Å². The maximum atomic E-state index is 5.79. The van der Waals surface area contributed by atoms with Gasteiger partial charge in [0.25, 0.3) is 0 Å². The van der Waals surface area contributed by atoms with E-state index < -0.39 is 0 Å². The summed E-state index contributed by atoms with van der Waals surface area (Å²) in [5.74, 6) is 0.467. The Bertz CT molecular complexity index is 577. The molecule has 0 fully saturated rings. The van der Waals surface area contributed by atoms with Gasteiger partial charge in [0, 0.05) is 15.3 Å². The minimum Gasteiger partial charge on any atom is -0.375 e. The zero-order chi connectivity index (χ0) is 12.0. The highest BCUT2D eigenvalue weighted by atomic mass is 79.9. The molecule has 2 N–H and O–H groups in total. The van der Waals surface area contributed by atoms with E-state index in [1.54, 1.807) is 11.3 Å². The van der Waals surface area contributed by atoms with Crippen LogP contribution in [0.2, 0.25) is 0 Å². The molecule has 4 heteroatoms. The second-order valence-electron chi connectivity index (χ2n) is 4.43. The number of rotatable bonds is 1. The van der Waals surface area contributed by atoms with Crippen LogP contribution in [0.15, 0.2) is 22.7 Å². The molecule has 1 heterocycles. The summed E-state index contributed by atoms with van der Waals surface area (Å²) in [7, 11) is 0. The van der Waals surface area contributed by atoms with Crippen molar-refractivity contribution in [3.8, 4) is 0 Å². The van der Waals surface area contributed by atoms with Crippen molar-refractivity contribution in [3.05, 3.63) is 44.4 Å². The van der Waals surface area contributed by atoms with E-state index >= 15 is 0 Å². The van der Waals surface area contributed by atoms with Crippen molar-refractivity contribution in [2.45, 2.75) is 25.7 Å². The van der Waals surface area contributed by atoms with Gasteiger partial charge in [0.2, 0.25) is 0 Å². The number of thiazole rings is 1. The number of benzene rings is 1. The molecule has 3 rings (SSSR count). The molecule has 0 spiro atoms. The molecule has 0 aliphatic heterocycles. The first-order valence-electron chi connectivity index (χ1n) is 5.67. The van der Waals surface area contributed by atoms with Gasteiger partial charge >= 0.3 is 0 Å². The van der Waals surface area contributed by atoms with E-state index in [-0.39, 0.29) is 0 Å². The summed E-state index contributed by atoms with van der Waals surface area (Å²) in [5.41, 5.74) is 9.65. The number of nitrogens with zero attached hydrogens (tertiary/aromatic N) is 1. The van der Waals surface area contributed by atoms with Gasteiger partial charge in [-0.2, -0.15) is 0 Å². The largest absolute Gasteiger partial charge is 0.375 e. The van der Waals surface area contributed by atoms with Gasteiger partial charge in [0.15, 0.2) is 5.13 Å². The first-order chi connectivity index (χ1) is 8.16. The Morgan fingerprint density at radius 1 is 1.47 bits per heavy atom. The highest BCUT2D eigenvalue weighted by Crippen LogP contribution is 2.44. The lowest BCUT2D eigenvalue weighted by Gasteiger charge is -2.13. The first kappa shape index (κ1) is 11.2. The Morgan fingerprint density at radius 2 is 2.29 bits per heavy atom. The van der Waals surface area contributed by atoms with Crippen LogP contribution in [-0.2, 0) is 6.42 Å². The summed E-state index contributed by atoms with van der Waals surface area (Å²) < 4.78 is 1.23. The lowest BCUT2D eigenvalue weighted by Crippen LogP contribution is -1.97. The summed E-state index contributed by atoms with van der Waals surface area (Å²) in [5, 5.41) is 0.698. The van der Waals surface area contributed by atoms with Gasteiger partial charge in [0.1, 0.15) is 0 Å². The van der Waals surface area contributed by atoms with Crippen molar-refractivity contribution >= 4 is 32.4 Å². The lowest BCUT2D eigenvalue weighted by atomic mass is 9.97. The number of hydrogen-bond donors (Lipinski definition) is 1. The summed E-state index contributed by atoms with van der Waals surface area (Å²) in [6.07, 6.45) is 2.20. The van der Waals surface area contributed by atoms with E-state index in [1.165, 1.54) is 26.2 Å². The number of halogens is 1. The topological polar surface area (TPSA) is 38.9 Å². The van der Waals surface area contributed by atoms with Gasteiger partial charge in [0.05, 0.1) is 5.69 Å². The molecule has 1 aliphatic rings. The second-order valence-corrected chi connectivity index (χ2v) is 6.29. The summed E-state index contributed by atoms with van der Waals surface area (Å²) in [6.45, 7) is 2.13. The number of nitrogen functional groups attached to an aromatic ring is 1. The van der Waals surface area contributed by atoms with E-state index in [0.29, 0.717) is 11.0 Å². The maximum absolute atomic E-state index is 5.79. The molecule has 0 saturated carbocycles. The molecule has 1 aliphatic carbocycles. The zero-order valence-electron chi connectivity index (χ0n) is 9.53.